The molecule has 2 N–H and O–H groups in total. The summed E-state index contributed by atoms with van der Waals surface area (Å²) in [6.07, 6.45) is 6.28. The molecule has 98 valence electrons. The van der Waals surface area contributed by atoms with Crippen molar-refractivity contribution in [1.29, 1.82) is 0 Å². The van der Waals surface area contributed by atoms with Crippen LogP contribution in [0.3, 0.4) is 0 Å². The topological polar surface area (TPSA) is 62.2 Å². The summed E-state index contributed by atoms with van der Waals surface area (Å²) in [5.41, 5.74) is 0.257. The van der Waals surface area contributed by atoms with Crippen LogP contribution in [0.2, 0.25) is 0 Å². The van der Waals surface area contributed by atoms with E-state index in [9.17, 15) is 9.90 Å². The standard InChI is InChI=1S/C15H16N2O2/c18-15(19)13-9-16-14(17-10-5-1-2-6-10)12-8-4-3-7-11(12)13/h3-4,7-10H,1-2,5-6H2,(H,16,17)(H,18,19). The van der Waals surface area contributed by atoms with Gasteiger partial charge in [0.1, 0.15) is 5.82 Å². The van der Waals surface area contributed by atoms with Gasteiger partial charge in [-0.1, -0.05) is 37.1 Å². The molecule has 1 aliphatic carbocycles. The molecular weight excluding hydrogens is 240 g/mol. The van der Waals surface area contributed by atoms with Crippen molar-refractivity contribution in [2.45, 2.75) is 31.7 Å². The number of carboxylic acids is 1. The Kier molecular flexibility index (Phi) is 3.07. The van der Waals surface area contributed by atoms with Crippen molar-refractivity contribution in [2.24, 2.45) is 0 Å². The molecule has 1 saturated carbocycles. The molecule has 3 rings (SSSR count). The lowest BCUT2D eigenvalue weighted by Gasteiger charge is -2.15. The first-order valence-corrected chi connectivity index (χ1v) is 6.63. The van der Waals surface area contributed by atoms with Gasteiger partial charge in [-0.15, -0.1) is 0 Å². The minimum absolute atomic E-state index is 0.257. The minimum atomic E-state index is -0.934. The molecular formula is C15H16N2O2. The van der Waals surface area contributed by atoms with Crippen LogP contribution in [0.1, 0.15) is 36.0 Å². The van der Waals surface area contributed by atoms with Gasteiger partial charge in [-0.3, -0.25) is 0 Å². The average molecular weight is 256 g/mol. The van der Waals surface area contributed by atoms with E-state index in [4.69, 9.17) is 0 Å². The second kappa shape index (κ2) is 4.88. The van der Waals surface area contributed by atoms with E-state index in [0.717, 1.165) is 29.4 Å². The quantitative estimate of drug-likeness (QED) is 0.884. The molecule has 0 unspecified atom stereocenters. The molecule has 1 fully saturated rings. The Morgan fingerprint density at radius 3 is 2.58 bits per heavy atom. The number of hydrogen-bond acceptors (Lipinski definition) is 3. The summed E-state index contributed by atoms with van der Waals surface area (Å²) in [5.74, 6) is -0.136. The van der Waals surface area contributed by atoms with E-state index in [1.807, 2.05) is 24.3 Å². The van der Waals surface area contributed by atoms with Crippen LogP contribution in [0.25, 0.3) is 10.8 Å². The first-order chi connectivity index (χ1) is 9.25. The third-order valence-electron chi connectivity index (χ3n) is 3.72. The molecule has 1 aromatic carbocycles. The number of fused-ring (bicyclic) bond motifs is 1. The highest BCUT2D eigenvalue weighted by Crippen LogP contribution is 2.28. The Morgan fingerprint density at radius 2 is 1.89 bits per heavy atom. The summed E-state index contributed by atoms with van der Waals surface area (Å²) in [6.45, 7) is 0. The first kappa shape index (κ1) is 12.0. The Balaban J connectivity index is 2.05. The zero-order valence-electron chi connectivity index (χ0n) is 10.6. The molecule has 0 bridgehead atoms. The highest BCUT2D eigenvalue weighted by atomic mass is 16.4. The van der Waals surface area contributed by atoms with Crippen molar-refractivity contribution >= 4 is 22.6 Å². The van der Waals surface area contributed by atoms with Crippen LogP contribution < -0.4 is 5.32 Å². The number of aromatic nitrogens is 1. The fraction of sp³-hybridized carbons (Fsp3) is 0.333. The second-order valence-corrected chi connectivity index (χ2v) is 5.00. The number of hydrogen-bond donors (Lipinski definition) is 2. The second-order valence-electron chi connectivity index (χ2n) is 5.00. The molecule has 0 amide bonds. The summed E-state index contributed by atoms with van der Waals surface area (Å²) in [7, 11) is 0. The molecule has 0 atom stereocenters. The van der Waals surface area contributed by atoms with Crippen LogP contribution in [0.15, 0.2) is 30.5 Å². The monoisotopic (exact) mass is 256 g/mol. The molecule has 19 heavy (non-hydrogen) atoms. The van der Waals surface area contributed by atoms with Gasteiger partial charge in [0.05, 0.1) is 5.56 Å². The van der Waals surface area contributed by atoms with Crippen LogP contribution in [-0.2, 0) is 0 Å². The van der Waals surface area contributed by atoms with Crippen LogP contribution in [0.5, 0.6) is 0 Å². The summed E-state index contributed by atoms with van der Waals surface area (Å²) in [6, 6.07) is 7.99. The van der Waals surface area contributed by atoms with Gasteiger partial charge in [0.2, 0.25) is 0 Å². The number of carbonyl (C=O) groups is 1. The zero-order chi connectivity index (χ0) is 13.2. The van der Waals surface area contributed by atoms with Crippen molar-refractivity contribution in [3.05, 3.63) is 36.0 Å². The van der Waals surface area contributed by atoms with Crippen LogP contribution >= 0.6 is 0 Å². The number of nitrogens with one attached hydrogen (secondary N) is 1. The average Bonchev–Trinajstić information content (AvgIpc) is 2.91. The third-order valence-corrected chi connectivity index (χ3v) is 3.72. The lowest BCUT2D eigenvalue weighted by molar-refractivity contribution is 0.0698. The fourth-order valence-electron chi connectivity index (χ4n) is 2.74. The van der Waals surface area contributed by atoms with Crippen molar-refractivity contribution in [3.63, 3.8) is 0 Å². The van der Waals surface area contributed by atoms with E-state index >= 15 is 0 Å². The molecule has 0 aliphatic heterocycles. The number of carboxylic acid groups (broad SMARTS) is 1. The fourth-order valence-corrected chi connectivity index (χ4v) is 2.74. The van der Waals surface area contributed by atoms with E-state index in [-0.39, 0.29) is 5.56 Å². The van der Waals surface area contributed by atoms with Gasteiger partial charge in [-0.2, -0.15) is 0 Å². The maximum absolute atomic E-state index is 11.2. The SMILES string of the molecule is O=C(O)c1cnc(NC2CCCC2)c2ccccc12. The van der Waals surface area contributed by atoms with Crippen molar-refractivity contribution in [1.82, 2.24) is 4.98 Å². The number of nitrogens with zero attached hydrogens (tertiary/aromatic N) is 1. The van der Waals surface area contributed by atoms with Gasteiger partial charge in [0, 0.05) is 23.0 Å². The predicted octanol–water partition coefficient (Wildman–Crippen LogP) is 3.29. The van der Waals surface area contributed by atoms with Crippen LogP contribution in [0.4, 0.5) is 5.82 Å². The normalized spacial score (nSPS) is 15.8. The number of rotatable bonds is 3. The zero-order valence-corrected chi connectivity index (χ0v) is 10.6. The Morgan fingerprint density at radius 1 is 1.21 bits per heavy atom. The molecule has 1 aromatic heterocycles. The summed E-state index contributed by atoms with van der Waals surface area (Å²) >= 11 is 0. The molecule has 0 radical (unpaired) electrons. The van der Waals surface area contributed by atoms with Gasteiger partial charge in [0.25, 0.3) is 0 Å². The molecule has 0 spiro atoms. The van der Waals surface area contributed by atoms with Gasteiger partial charge in [0.15, 0.2) is 0 Å². The number of pyridine rings is 1. The van der Waals surface area contributed by atoms with E-state index in [1.54, 1.807) is 0 Å². The van der Waals surface area contributed by atoms with Crippen molar-refractivity contribution < 1.29 is 9.90 Å². The summed E-state index contributed by atoms with van der Waals surface area (Å²) in [5, 5.41) is 14.3. The van der Waals surface area contributed by atoms with Crippen LogP contribution in [0, 0.1) is 0 Å². The lowest BCUT2D eigenvalue weighted by Crippen LogP contribution is -2.16. The largest absolute Gasteiger partial charge is 0.478 e. The van der Waals surface area contributed by atoms with Crippen molar-refractivity contribution in [3.8, 4) is 0 Å². The highest BCUT2D eigenvalue weighted by Gasteiger charge is 2.17. The Bertz CT molecular complexity index is 619. The van der Waals surface area contributed by atoms with E-state index in [1.165, 1.54) is 19.0 Å². The van der Waals surface area contributed by atoms with Gasteiger partial charge in [-0.05, 0) is 12.8 Å². The van der Waals surface area contributed by atoms with Crippen molar-refractivity contribution in [2.75, 3.05) is 5.32 Å². The number of aromatic carboxylic acids is 1. The van der Waals surface area contributed by atoms with E-state index in [2.05, 4.69) is 10.3 Å². The summed E-state index contributed by atoms with van der Waals surface area (Å²) < 4.78 is 0. The minimum Gasteiger partial charge on any atom is -0.478 e. The molecule has 0 saturated heterocycles. The van der Waals surface area contributed by atoms with E-state index < -0.39 is 5.97 Å². The van der Waals surface area contributed by atoms with Gasteiger partial charge >= 0.3 is 5.97 Å². The van der Waals surface area contributed by atoms with Crippen LogP contribution in [-0.4, -0.2) is 22.1 Å². The predicted molar refractivity (Wildman–Crippen MR) is 74.6 cm³/mol. The maximum atomic E-state index is 11.2. The smallest absolute Gasteiger partial charge is 0.337 e. The molecule has 1 heterocycles. The van der Waals surface area contributed by atoms with Gasteiger partial charge in [-0.25, -0.2) is 9.78 Å². The molecule has 4 heteroatoms. The first-order valence-electron chi connectivity index (χ1n) is 6.63. The van der Waals surface area contributed by atoms with E-state index in [0.29, 0.717) is 6.04 Å². The highest BCUT2D eigenvalue weighted by molar-refractivity contribution is 6.06. The third kappa shape index (κ3) is 2.26. The Hall–Kier alpha value is -2.10. The molecule has 2 aromatic rings. The Labute approximate surface area is 111 Å². The summed E-state index contributed by atoms with van der Waals surface area (Å²) in [4.78, 5) is 15.5. The maximum Gasteiger partial charge on any atom is 0.337 e. The van der Waals surface area contributed by atoms with Gasteiger partial charge < -0.3 is 10.4 Å². The molecule has 1 aliphatic rings. The number of anilines is 1. The lowest BCUT2D eigenvalue weighted by atomic mass is 10.1. The number of benzene rings is 1. The molecule has 4 nitrogen and oxygen atoms in total.